The highest BCUT2D eigenvalue weighted by Gasteiger charge is 2.20. The van der Waals surface area contributed by atoms with Crippen LogP contribution in [0.25, 0.3) is 0 Å². The Labute approximate surface area is 151 Å². The van der Waals surface area contributed by atoms with Crippen LogP contribution in [0.4, 0.5) is 11.5 Å². The lowest BCUT2D eigenvalue weighted by Crippen LogP contribution is -2.47. The van der Waals surface area contributed by atoms with Crippen molar-refractivity contribution in [2.75, 3.05) is 38.5 Å². The molecule has 1 amide bonds. The van der Waals surface area contributed by atoms with E-state index < -0.39 is 0 Å². The number of hydrogen-bond acceptors (Lipinski definition) is 4. The smallest absolute Gasteiger partial charge is 0.255 e. The number of rotatable bonds is 3. The van der Waals surface area contributed by atoms with Gasteiger partial charge in [-0.2, -0.15) is 0 Å². The minimum absolute atomic E-state index is 0.0201. The lowest BCUT2D eigenvalue weighted by molar-refractivity contribution is 0.0663. The summed E-state index contributed by atoms with van der Waals surface area (Å²) in [6.45, 7) is 3.28. The molecular formula is C17H18Cl2N4O. The Morgan fingerprint density at radius 2 is 1.88 bits per heavy atom. The van der Waals surface area contributed by atoms with Crippen molar-refractivity contribution in [3.63, 3.8) is 0 Å². The quantitative estimate of drug-likeness (QED) is 0.904. The van der Waals surface area contributed by atoms with Crippen molar-refractivity contribution < 1.29 is 4.79 Å². The molecule has 1 saturated heterocycles. The van der Waals surface area contributed by atoms with Crippen molar-refractivity contribution in [3.05, 3.63) is 52.1 Å². The molecule has 3 rings (SSSR count). The molecule has 0 spiro atoms. The standard InChI is InChI=1S/C17H18Cl2N4O/c1-22-6-8-23(9-7-22)17(24)12-2-5-16(20-11-12)21-15-4-3-13(18)10-14(15)19/h2-5,10-11H,6-9H2,1H3,(H,20,21). The summed E-state index contributed by atoms with van der Waals surface area (Å²) in [5, 5.41) is 4.21. The maximum Gasteiger partial charge on any atom is 0.255 e. The molecule has 0 unspecified atom stereocenters. The van der Waals surface area contributed by atoms with Crippen LogP contribution in [-0.4, -0.2) is 53.9 Å². The molecule has 0 bridgehead atoms. The number of anilines is 2. The summed E-state index contributed by atoms with van der Waals surface area (Å²) >= 11 is 12.0. The van der Waals surface area contributed by atoms with E-state index in [1.54, 1.807) is 36.5 Å². The van der Waals surface area contributed by atoms with Crippen LogP contribution in [0.15, 0.2) is 36.5 Å². The Balaban J connectivity index is 1.68. The number of pyridine rings is 1. The van der Waals surface area contributed by atoms with E-state index in [1.165, 1.54) is 0 Å². The second-order valence-corrected chi connectivity index (χ2v) is 6.62. The summed E-state index contributed by atoms with van der Waals surface area (Å²) in [5.74, 6) is 0.640. The molecule has 0 atom stereocenters. The summed E-state index contributed by atoms with van der Waals surface area (Å²) in [6, 6.07) is 8.75. The van der Waals surface area contributed by atoms with E-state index in [-0.39, 0.29) is 5.91 Å². The third-order valence-electron chi connectivity index (χ3n) is 3.99. The fourth-order valence-corrected chi connectivity index (χ4v) is 2.97. The van der Waals surface area contributed by atoms with Gasteiger partial charge in [-0.15, -0.1) is 0 Å². The Kier molecular flexibility index (Phi) is 5.23. The molecule has 5 nitrogen and oxygen atoms in total. The average Bonchev–Trinajstić information content (AvgIpc) is 2.58. The van der Waals surface area contributed by atoms with Crippen LogP contribution in [0.3, 0.4) is 0 Å². The number of carbonyl (C=O) groups is 1. The molecule has 1 aliphatic rings. The zero-order valence-electron chi connectivity index (χ0n) is 13.3. The van der Waals surface area contributed by atoms with E-state index in [1.807, 2.05) is 4.90 Å². The van der Waals surface area contributed by atoms with Crippen molar-refractivity contribution >= 4 is 40.6 Å². The Hall–Kier alpha value is -1.82. The van der Waals surface area contributed by atoms with Crippen LogP contribution in [-0.2, 0) is 0 Å². The Bertz CT molecular complexity index is 728. The van der Waals surface area contributed by atoms with Crippen LogP contribution in [0.5, 0.6) is 0 Å². The van der Waals surface area contributed by atoms with E-state index in [2.05, 4.69) is 22.2 Å². The van der Waals surface area contributed by atoms with Crippen molar-refractivity contribution in [1.29, 1.82) is 0 Å². The maximum absolute atomic E-state index is 12.5. The summed E-state index contributed by atoms with van der Waals surface area (Å²) in [6.07, 6.45) is 1.59. The number of nitrogens with zero attached hydrogens (tertiary/aromatic N) is 3. The number of carbonyl (C=O) groups excluding carboxylic acids is 1. The number of amides is 1. The number of likely N-dealkylation sites (N-methyl/N-ethyl adjacent to an activating group) is 1. The second-order valence-electron chi connectivity index (χ2n) is 5.78. The highest BCUT2D eigenvalue weighted by molar-refractivity contribution is 6.36. The van der Waals surface area contributed by atoms with Gasteiger partial charge in [0.05, 0.1) is 16.3 Å². The molecule has 1 aliphatic heterocycles. The van der Waals surface area contributed by atoms with E-state index in [0.717, 1.165) is 26.2 Å². The number of piperazine rings is 1. The summed E-state index contributed by atoms with van der Waals surface area (Å²) in [5.41, 5.74) is 1.30. The van der Waals surface area contributed by atoms with Crippen LogP contribution >= 0.6 is 23.2 Å². The first-order valence-electron chi connectivity index (χ1n) is 7.69. The monoisotopic (exact) mass is 364 g/mol. The topological polar surface area (TPSA) is 48.5 Å². The number of nitrogens with one attached hydrogen (secondary N) is 1. The van der Waals surface area contributed by atoms with Crippen molar-refractivity contribution in [2.24, 2.45) is 0 Å². The summed E-state index contributed by atoms with van der Waals surface area (Å²) in [4.78, 5) is 20.9. The molecule has 0 aliphatic carbocycles. The van der Waals surface area contributed by atoms with Gasteiger partial charge in [-0.3, -0.25) is 4.79 Å². The molecule has 1 aromatic carbocycles. The van der Waals surface area contributed by atoms with Gasteiger partial charge in [0, 0.05) is 37.4 Å². The predicted molar refractivity (Wildman–Crippen MR) is 97.4 cm³/mol. The van der Waals surface area contributed by atoms with Crippen molar-refractivity contribution in [3.8, 4) is 0 Å². The number of benzene rings is 1. The zero-order chi connectivity index (χ0) is 17.1. The van der Waals surface area contributed by atoms with Crippen LogP contribution in [0.1, 0.15) is 10.4 Å². The van der Waals surface area contributed by atoms with Crippen molar-refractivity contribution in [2.45, 2.75) is 0 Å². The lowest BCUT2D eigenvalue weighted by Gasteiger charge is -2.32. The maximum atomic E-state index is 12.5. The fourth-order valence-electron chi connectivity index (χ4n) is 2.52. The van der Waals surface area contributed by atoms with Gasteiger partial charge in [-0.05, 0) is 37.4 Å². The lowest BCUT2D eigenvalue weighted by atomic mass is 10.2. The van der Waals surface area contributed by atoms with E-state index in [9.17, 15) is 4.79 Å². The molecule has 2 heterocycles. The van der Waals surface area contributed by atoms with Crippen LogP contribution in [0.2, 0.25) is 10.0 Å². The molecule has 1 N–H and O–H groups in total. The molecule has 7 heteroatoms. The molecule has 126 valence electrons. The third kappa shape index (κ3) is 3.98. The Morgan fingerprint density at radius 3 is 2.50 bits per heavy atom. The largest absolute Gasteiger partial charge is 0.339 e. The number of aromatic nitrogens is 1. The Morgan fingerprint density at radius 1 is 1.12 bits per heavy atom. The molecule has 0 saturated carbocycles. The van der Waals surface area contributed by atoms with E-state index in [0.29, 0.717) is 27.1 Å². The third-order valence-corrected chi connectivity index (χ3v) is 4.54. The van der Waals surface area contributed by atoms with E-state index in [4.69, 9.17) is 23.2 Å². The molecule has 24 heavy (non-hydrogen) atoms. The van der Waals surface area contributed by atoms with Gasteiger partial charge in [0.2, 0.25) is 0 Å². The van der Waals surface area contributed by atoms with Gasteiger partial charge >= 0.3 is 0 Å². The van der Waals surface area contributed by atoms with Gasteiger partial charge < -0.3 is 15.1 Å². The van der Waals surface area contributed by atoms with Crippen LogP contribution < -0.4 is 5.32 Å². The summed E-state index contributed by atoms with van der Waals surface area (Å²) in [7, 11) is 2.06. The van der Waals surface area contributed by atoms with Gasteiger partial charge in [0.1, 0.15) is 5.82 Å². The van der Waals surface area contributed by atoms with Gasteiger partial charge in [-0.25, -0.2) is 4.98 Å². The van der Waals surface area contributed by atoms with Crippen LogP contribution in [0, 0.1) is 0 Å². The molecule has 2 aromatic rings. The average molecular weight is 365 g/mol. The highest BCUT2D eigenvalue weighted by Crippen LogP contribution is 2.27. The second kappa shape index (κ2) is 7.38. The first-order valence-corrected chi connectivity index (χ1v) is 8.44. The highest BCUT2D eigenvalue weighted by atomic mass is 35.5. The minimum atomic E-state index is 0.0201. The van der Waals surface area contributed by atoms with Gasteiger partial charge in [0.25, 0.3) is 5.91 Å². The molecule has 1 aromatic heterocycles. The minimum Gasteiger partial charge on any atom is -0.339 e. The molecular weight excluding hydrogens is 347 g/mol. The summed E-state index contributed by atoms with van der Waals surface area (Å²) < 4.78 is 0. The van der Waals surface area contributed by atoms with Gasteiger partial charge in [0.15, 0.2) is 0 Å². The predicted octanol–water partition coefficient (Wildman–Crippen LogP) is 3.52. The molecule has 1 fully saturated rings. The fraction of sp³-hybridized carbons (Fsp3) is 0.294. The number of hydrogen-bond donors (Lipinski definition) is 1. The molecule has 0 radical (unpaired) electrons. The first kappa shape index (κ1) is 17.0. The zero-order valence-corrected chi connectivity index (χ0v) is 14.8. The first-order chi connectivity index (χ1) is 11.5. The van der Waals surface area contributed by atoms with Gasteiger partial charge in [-0.1, -0.05) is 23.2 Å². The number of halogens is 2. The van der Waals surface area contributed by atoms with E-state index >= 15 is 0 Å². The SMILES string of the molecule is CN1CCN(C(=O)c2ccc(Nc3ccc(Cl)cc3Cl)nc2)CC1. The van der Waals surface area contributed by atoms with Crippen molar-refractivity contribution in [1.82, 2.24) is 14.8 Å². The normalized spacial score (nSPS) is 15.4.